The fraction of sp³-hybridized carbons (Fsp3) is 0.478. The Hall–Kier alpha value is -3.82. The van der Waals surface area contributed by atoms with Crippen LogP contribution in [0.15, 0.2) is 82.6 Å². The Balaban J connectivity index is 1.65. The lowest BCUT2D eigenvalue weighted by Crippen LogP contribution is -2.32. The van der Waals surface area contributed by atoms with Crippen LogP contribution in [-0.2, 0) is 20.0 Å². The first-order chi connectivity index (χ1) is 25.7. The molecule has 0 fully saturated rings. The van der Waals surface area contributed by atoms with Gasteiger partial charge in [-0.3, -0.25) is 8.61 Å². The van der Waals surface area contributed by atoms with Crippen LogP contribution in [0.4, 0.5) is 11.4 Å². The van der Waals surface area contributed by atoms with Crippen molar-refractivity contribution in [1.29, 1.82) is 0 Å². The molecular weight excluding hydrogens is 725 g/mol. The number of anilines is 2. The third-order valence-electron chi connectivity index (χ3n) is 10.3. The molecule has 4 aromatic rings. The number of benzene rings is 4. The zero-order valence-corrected chi connectivity index (χ0v) is 37.2. The third-order valence-corrected chi connectivity index (χ3v) is 14.4. The van der Waals surface area contributed by atoms with Crippen molar-refractivity contribution in [3.8, 4) is 11.5 Å². The Bertz CT molecular complexity index is 1940. The topological polar surface area (TPSA) is 84.0 Å². The normalized spacial score (nSPS) is 12.5. The zero-order valence-electron chi connectivity index (χ0n) is 35.6. The van der Waals surface area contributed by atoms with Gasteiger partial charge in [-0.05, 0) is 131 Å². The maximum atomic E-state index is 14.5. The smallest absolute Gasteiger partial charge is 0.264 e. The number of ether oxygens (including phenoxy) is 1. The van der Waals surface area contributed by atoms with E-state index in [4.69, 9.17) is 4.74 Å². The summed E-state index contributed by atoms with van der Waals surface area (Å²) in [5.74, 6) is 1.72. The van der Waals surface area contributed by atoms with Gasteiger partial charge in [0.05, 0.1) is 21.2 Å². The first kappa shape index (κ1) is 43.9. The van der Waals surface area contributed by atoms with E-state index in [2.05, 4.69) is 52.0 Å². The van der Waals surface area contributed by atoms with Crippen LogP contribution in [0.25, 0.3) is 0 Å². The van der Waals surface area contributed by atoms with Crippen LogP contribution in [0.3, 0.4) is 0 Å². The minimum Gasteiger partial charge on any atom is -0.457 e. The Morgan fingerprint density at radius 1 is 0.436 bits per heavy atom. The molecule has 0 heterocycles. The van der Waals surface area contributed by atoms with E-state index in [0.29, 0.717) is 32.7 Å². The summed E-state index contributed by atoms with van der Waals surface area (Å²) in [7, 11) is -7.80. The Morgan fingerprint density at radius 2 is 0.691 bits per heavy atom. The molecule has 9 heteroatoms. The lowest BCUT2D eigenvalue weighted by molar-refractivity contribution is 0.482. The fourth-order valence-electron chi connectivity index (χ4n) is 7.07. The average molecular weight is 789 g/mol. The number of rotatable bonds is 16. The molecule has 0 saturated carbocycles. The molecule has 4 aromatic carbocycles. The lowest BCUT2D eigenvalue weighted by atomic mass is 9.89. The predicted octanol–water partition coefficient (Wildman–Crippen LogP) is 12.6. The van der Waals surface area contributed by atoms with Gasteiger partial charge in [0.15, 0.2) is 0 Å². The molecular formula is C46H64N2O5S2. The molecule has 55 heavy (non-hydrogen) atoms. The van der Waals surface area contributed by atoms with Crippen molar-refractivity contribution in [1.82, 2.24) is 0 Å². The van der Waals surface area contributed by atoms with Crippen molar-refractivity contribution in [3.63, 3.8) is 0 Å². The molecule has 0 aliphatic rings. The number of nitrogens with zero attached hydrogens (tertiary/aromatic N) is 2. The van der Waals surface area contributed by atoms with Crippen molar-refractivity contribution in [3.05, 3.63) is 106 Å². The standard InChI is InChI=1S/C46H64N2O5S2/c1-15-47(54(49,50)45-41(31(7)8)25-35(29(3)4)26-42(45)32(9)10)37-17-21-39(22-18-37)53-40-23-19-38(20-24-40)48(16-2)55(51,52)46-43(33(11)12)27-36(30(5)6)28-44(46)34(13)14/h17-34H,15-16H2,1-14H3. The van der Waals surface area contributed by atoms with E-state index in [0.717, 1.165) is 33.4 Å². The van der Waals surface area contributed by atoms with Gasteiger partial charge in [0.1, 0.15) is 11.5 Å². The molecule has 0 aromatic heterocycles. The van der Waals surface area contributed by atoms with E-state index in [1.807, 2.05) is 69.2 Å². The van der Waals surface area contributed by atoms with E-state index in [1.54, 1.807) is 48.5 Å². The molecule has 0 saturated heterocycles. The maximum absolute atomic E-state index is 14.5. The largest absolute Gasteiger partial charge is 0.457 e. The van der Waals surface area contributed by atoms with Crippen LogP contribution < -0.4 is 13.3 Å². The first-order valence-electron chi connectivity index (χ1n) is 20.0. The van der Waals surface area contributed by atoms with Crippen LogP contribution in [0, 0.1) is 0 Å². The minimum atomic E-state index is -3.90. The quantitative estimate of drug-likeness (QED) is 0.113. The number of sulfonamides is 2. The molecule has 0 radical (unpaired) electrons. The lowest BCUT2D eigenvalue weighted by Gasteiger charge is -2.29. The van der Waals surface area contributed by atoms with E-state index >= 15 is 0 Å². The van der Waals surface area contributed by atoms with Crippen molar-refractivity contribution in [2.75, 3.05) is 21.7 Å². The fourth-order valence-corrected chi connectivity index (χ4v) is 11.4. The van der Waals surface area contributed by atoms with Gasteiger partial charge in [-0.15, -0.1) is 0 Å². The highest BCUT2D eigenvalue weighted by atomic mass is 32.2. The average Bonchev–Trinajstić information content (AvgIpc) is 3.12. The second kappa shape index (κ2) is 17.5. The Kier molecular flexibility index (Phi) is 14.0. The van der Waals surface area contributed by atoms with Crippen LogP contribution in [0.5, 0.6) is 11.5 Å². The maximum Gasteiger partial charge on any atom is 0.264 e. The molecule has 300 valence electrons. The van der Waals surface area contributed by atoms with Gasteiger partial charge in [0, 0.05) is 13.1 Å². The van der Waals surface area contributed by atoms with Gasteiger partial charge in [-0.2, -0.15) is 0 Å². The monoisotopic (exact) mass is 788 g/mol. The molecule has 0 N–H and O–H groups in total. The van der Waals surface area contributed by atoms with Gasteiger partial charge in [0.2, 0.25) is 0 Å². The highest BCUT2D eigenvalue weighted by molar-refractivity contribution is 7.93. The highest BCUT2D eigenvalue weighted by Gasteiger charge is 2.33. The summed E-state index contributed by atoms with van der Waals surface area (Å²) in [6.07, 6.45) is 0. The zero-order chi connectivity index (χ0) is 41.2. The highest BCUT2D eigenvalue weighted by Crippen LogP contribution is 2.40. The van der Waals surface area contributed by atoms with E-state index < -0.39 is 20.0 Å². The van der Waals surface area contributed by atoms with Gasteiger partial charge >= 0.3 is 0 Å². The summed E-state index contributed by atoms with van der Waals surface area (Å²) in [6.45, 7) is 29.2. The summed E-state index contributed by atoms with van der Waals surface area (Å²) in [5.41, 5.74) is 6.76. The van der Waals surface area contributed by atoms with Gasteiger partial charge in [-0.1, -0.05) is 107 Å². The first-order valence-corrected chi connectivity index (χ1v) is 22.8. The van der Waals surface area contributed by atoms with Gasteiger partial charge in [0.25, 0.3) is 20.0 Å². The summed E-state index contributed by atoms with van der Waals surface area (Å²) in [5, 5.41) is 0. The predicted molar refractivity (Wildman–Crippen MR) is 231 cm³/mol. The van der Waals surface area contributed by atoms with Crippen LogP contribution in [-0.4, -0.2) is 29.9 Å². The molecule has 0 spiro atoms. The minimum absolute atomic E-state index is 0.0256. The molecule has 0 aliphatic carbocycles. The molecule has 0 amide bonds. The molecule has 0 atom stereocenters. The molecule has 0 bridgehead atoms. The molecule has 4 rings (SSSR count). The summed E-state index contributed by atoms with van der Waals surface area (Å²) in [6, 6.07) is 22.4. The van der Waals surface area contributed by atoms with E-state index in [9.17, 15) is 16.8 Å². The Labute approximate surface area is 333 Å². The second-order valence-corrected chi connectivity index (χ2v) is 20.0. The SMILES string of the molecule is CCN(c1ccc(Oc2ccc(N(CC)S(=O)(=O)c3c(C(C)C)cc(C(C)C)cc3C(C)C)cc2)cc1)S(=O)(=O)c1c(C(C)C)cc(C(C)C)cc1C(C)C. The van der Waals surface area contributed by atoms with Crippen molar-refractivity contribution < 1.29 is 21.6 Å². The second-order valence-electron chi connectivity index (χ2n) is 16.4. The van der Waals surface area contributed by atoms with E-state index in [-0.39, 0.29) is 48.6 Å². The Morgan fingerprint density at radius 3 is 0.891 bits per heavy atom. The van der Waals surface area contributed by atoms with Crippen molar-refractivity contribution in [2.24, 2.45) is 0 Å². The number of hydrogen-bond acceptors (Lipinski definition) is 5. The van der Waals surface area contributed by atoms with Crippen molar-refractivity contribution >= 4 is 31.4 Å². The van der Waals surface area contributed by atoms with Crippen LogP contribution in [0.1, 0.15) is 166 Å². The van der Waals surface area contributed by atoms with Gasteiger partial charge in [-0.25, -0.2) is 16.8 Å². The molecule has 7 nitrogen and oxygen atoms in total. The van der Waals surface area contributed by atoms with Crippen molar-refractivity contribution in [2.45, 2.75) is 142 Å². The third kappa shape index (κ3) is 9.26. The number of hydrogen-bond donors (Lipinski definition) is 0. The van der Waals surface area contributed by atoms with Gasteiger partial charge < -0.3 is 4.74 Å². The molecule has 0 aliphatic heterocycles. The van der Waals surface area contributed by atoms with Crippen LogP contribution >= 0.6 is 0 Å². The van der Waals surface area contributed by atoms with E-state index in [1.165, 1.54) is 8.61 Å². The molecule has 0 unspecified atom stereocenters. The summed E-state index contributed by atoms with van der Waals surface area (Å²) >= 11 is 0. The van der Waals surface area contributed by atoms with Crippen LogP contribution in [0.2, 0.25) is 0 Å². The summed E-state index contributed by atoms with van der Waals surface area (Å²) < 4.78 is 67.3. The summed E-state index contributed by atoms with van der Waals surface area (Å²) in [4.78, 5) is 0.807.